The predicted molar refractivity (Wildman–Crippen MR) is 78.7 cm³/mol. The van der Waals surface area contributed by atoms with E-state index in [1.54, 1.807) is 0 Å². The van der Waals surface area contributed by atoms with Gasteiger partial charge in [0.15, 0.2) is 0 Å². The fourth-order valence-electron chi connectivity index (χ4n) is 2.90. The molecule has 0 atom stereocenters. The van der Waals surface area contributed by atoms with Crippen molar-refractivity contribution in [1.29, 1.82) is 0 Å². The van der Waals surface area contributed by atoms with Gasteiger partial charge in [0.05, 0.1) is 0 Å². The van der Waals surface area contributed by atoms with Gasteiger partial charge in [0, 0.05) is 18.2 Å². The van der Waals surface area contributed by atoms with Crippen LogP contribution in [0.3, 0.4) is 0 Å². The van der Waals surface area contributed by atoms with Crippen LogP contribution in [0.1, 0.15) is 43.7 Å². The highest BCUT2D eigenvalue weighted by molar-refractivity contribution is 5.41. The Balaban J connectivity index is 2.12. The van der Waals surface area contributed by atoms with Gasteiger partial charge in [-0.15, -0.1) is 0 Å². The molecule has 1 aromatic rings. The molecule has 102 valence electrons. The van der Waals surface area contributed by atoms with Gasteiger partial charge in [-0.05, 0) is 31.0 Å². The minimum absolute atomic E-state index is 0.0749. The van der Waals surface area contributed by atoms with Gasteiger partial charge >= 0.3 is 0 Å². The molecule has 0 heterocycles. The first-order chi connectivity index (χ1) is 9.35. The van der Waals surface area contributed by atoms with Crippen molar-refractivity contribution >= 4 is 0 Å². The molecular weight excluding hydrogens is 234 g/mol. The van der Waals surface area contributed by atoms with Gasteiger partial charge in [-0.2, -0.15) is 0 Å². The van der Waals surface area contributed by atoms with Crippen molar-refractivity contribution in [1.82, 2.24) is 4.90 Å². The second kappa shape index (κ2) is 7.33. The van der Waals surface area contributed by atoms with Crippen LogP contribution in [0.15, 0.2) is 24.3 Å². The fraction of sp³-hybridized carbons (Fsp3) is 0.529. The summed E-state index contributed by atoms with van der Waals surface area (Å²) in [5.74, 6) is 5.81. The molecule has 2 rings (SSSR count). The van der Waals surface area contributed by atoms with Gasteiger partial charge in [0.1, 0.15) is 6.61 Å². The van der Waals surface area contributed by atoms with Crippen molar-refractivity contribution in [3.05, 3.63) is 35.4 Å². The fourth-order valence-corrected chi connectivity index (χ4v) is 2.90. The molecule has 1 fully saturated rings. The molecule has 0 aliphatic heterocycles. The molecule has 2 nitrogen and oxygen atoms in total. The van der Waals surface area contributed by atoms with E-state index in [0.717, 1.165) is 24.7 Å². The van der Waals surface area contributed by atoms with Crippen LogP contribution in [0.4, 0.5) is 0 Å². The zero-order valence-electron chi connectivity index (χ0n) is 11.7. The van der Waals surface area contributed by atoms with Crippen molar-refractivity contribution in [2.75, 3.05) is 13.2 Å². The molecule has 1 saturated carbocycles. The molecule has 0 amide bonds. The standard InChI is InChI=1S/C17H23NO/c1-2-18(17-11-5-6-12-17)14-16-9-4-3-8-15(16)10-7-13-19/h3-4,8-9,17,19H,2,5-6,11-14H2,1H3. The molecule has 1 aromatic carbocycles. The third-order valence-corrected chi connectivity index (χ3v) is 3.94. The van der Waals surface area contributed by atoms with E-state index < -0.39 is 0 Å². The lowest BCUT2D eigenvalue weighted by atomic mass is 10.1. The summed E-state index contributed by atoms with van der Waals surface area (Å²) in [5, 5.41) is 8.84. The smallest absolute Gasteiger partial charge is 0.104 e. The molecule has 1 N–H and O–H groups in total. The summed E-state index contributed by atoms with van der Waals surface area (Å²) in [6.07, 6.45) is 5.40. The van der Waals surface area contributed by atoms with Crippen molar-refractivity contribution in [3.8, 4) is 11.8 Å². The number of aliphatic hydroxyl groups excluding tert-OH is 1. The number of hydrogen-bond donors (Lipinski definition) is 1. The lowest BCUT2D eigenvalue weighted by molar-refractivity contribution is 0.200. The minimum atomic E-state index is -0.0749. The van der Waals surface area contributed by atoms with Crippen molar-refractivity contribution in [2.45, 2.75) is 45.2 Å². The molecule has 2 heteroatoms. The topological polar surface area (TPSA) is 23.5 Å². The van der Waals surface area contributed by atoms with Crippen LogP contribution in [0.2, 0.25) is 0 Å². The Bertz CT molecular complexity index is 452. The Kier molecular flexibility index (Phi) is 5.44. The quantitative estimate of drug-likeness (QED) is 0.838. The highest BCUT2D eigenvalue weighted by atomic mass is 16.2. The van der Waals surface area contributed by atoms with Gasteiger partial charge in [-0.1, -0.05) is 49.8 Å². The molecule has 1 aliphatic carbocycles. The van der Waals surface area contributed by atoms with E-state index >= 15 is 0 Å². The summed E-state index contributed by atoms with van der Waals surface area (Å²) in [6.45, 7) is 4.22. The van der Waals surface area contributed by atoms with E-state index in [1.165, 1.54) is 31.2 Å². The van der Waals surface area contributed by atoms with E-state index in [4.69, 9.17) is 5.11 Å². The first-order valence-electron chi connectivity index (χ1n) is 7.26. The van der Waals surface area contributed by atoms with Crippen LogP contribution in [-0.2, 0) is 6.54 Å². The number of hydrogen-bond acceptors (Lipinski definition) is 2. The monoisotopic (exact) mass is 257 g/mol. The Morgan fingerprint density at radius 2 is 2.00 bits per heavy atom. The van der Waals surface area contributed by atoms with E-state index in [-0.39, 0.29) is 6.61 Å². The normalized spacial score (nSPS) is 15.5. The Morgan fingerprint density at radius 3 is 2.68 bits per heavy atom. The number of aliphatic hydroxyl groups is 1. The summed E-state index contributed by atoms with van der Waals surface area (Å²) in [7, 11) is 0. The molecule has 0 spiro atoms. The van der Waals surface area contributed by atoms with E-state index in [0.29, 0.717) is 0 Å². The Labute approximate surface area is 116 Å². The average molecular weight is 257 g/mol. The van der Waals surface area contributed by atoms with E-state index in [1.807, 2.05) is 12.1 Å². The van der Waals surface area contributed by atoms with Crippen LogP contribution in [0, 0.1) is 11.8 Å². The molecule has 0 saturated heterocycles. The number of nitrogens with zero attached hydrogens (tertiary/aromatic N) is 1. The third-order valence-electron chi connectivity index (χ3n) is 3.94. The van der Waals surface area contributed by atoms with Gasteiger partial charge < -0.3 is 5.11 Å². The third kappa shape index (κ3) is 3.83. The molecule has 0 radical (unpaired) electrons. The first-order valence-corrected chi connectivity index (χ1v) is 7.26. The second-order valence-electron chi connectivity index (χ2n) is 5.12. The van der Waals surface area contributed by atoms with Gasteiger partial charge in [-0.25, -0.2) is 0 Å². The summed E-state index contributed by atoms with van der Waals surface area (Å²) in [5.41, 5.74) is 2.32. The summed E-state index contributed by atoms with van der Waals surface area (Å²) < 4.78 is 0. The molecular formula is C17H23NO. The zero-order chi connectivity index (χ0) is 13.5. The Morgan fingerprint density at radius 1 is 1.26 bits per heavy atom. The zero-order valence-corrected chi connectivity index (χ0v) is 11.7. The second-order valence-corrected chi connectivity index (χ2v) is 5.12. The SMILES string of the molecule is CCN(Cc1ccccc1C#CCO)C1CCCC1. The summed E-state index contributed by atoms with van der Waals surface area (Å²) >= 11 is 0. The number of rotatable bonds is 4. The molecule has 0 aromatic heterocycles. The molecule has 19 heavy (non-hydrogen) atoms. The maximum absolute atomic E-state index is 8.84. The van der Waals surface area contributed by atoms with Crippen molar-refractivity contribution in [2.24, 2.45) is 0 Å². The van der Waals surface area contributed by atoms with E-state index in [9.17, 15) is 0 Å². The summed E-state index contributed by atoms with van der Waals surface area (Å²) in [6, 6.07) is 9.02. The molecule has 1 aliphatic rings. The van der Waals surface area contributed by atoms with Crippen LogP contribution >= 0.6 is 0 Å². The number of benzene rings is 1. The van der Waals surface area contributed by atoms with Gasteiger partial charge in [0.2, 0.25) is 0 Å². The van der Waals surface area contributed by atoms with E-state index in [2.05, 4.69) is 35.8 Å². The summed E-state index contributed by atoms with van der Waals surface area (Å²) in [4.78, 5) is 2.56. The average Bonchev–Trinajstić information content (AvgIpc) is 2.97. The largest absolute Gasteiger partial charge is 0.384 e. The maximum Gasteiger partial charge on any atom is 0.104 e. The Hall–Kier alpha value is -1.30. The minimum Gasteiger partial charge on any atom is -0.384 e. The highest BCUT2D eigenvalue weighted by Crippen LogP contribution is 2.25. The highest BCUT2D eigenvalue weighted by Gasteiger charge is 2.21. The van der Waals surface area contributed by atoms with Gasteiger partial charge in [-0.3, -0.25) is 4.90 Å². The van der Waals surface area contributed by atoms with Crippen molar-refractivity contribution in [3.63, 3.8) is 0 Å². The van der Waals surface area contributed by atoms with Crippen LogP contribution in [0.25, 0.3) is 0 Å². The molecule has 0 unspecified atom stereocenters. The van der Waals surface area contributed by atoms with Crippen LogP contribution in [0.5, 0.6) is 0 Å². The van der Waals surface area contributed by atoms with Crippen LogP contribution < -0.4 is 0 Å². The van der Waals surface area contributed by atoms with Gasteiger partial charge in [0.25, 0.3) is 0 Å². The van der Waals surface area contributed by atoms with Crippen LogP contribution in [-0.4, -0.2) is 29.2 Å². The van der Waals surface area contributed by atoms with Crippen molar-refractivity contribution < 1.29 is 5.11 Å². The lowest BCUT2D eigenvalue weighted by Gasteiger charge is -2.27. The predicted octanol–water partition coefficient (Wildman–Crippen LogP) is 2.79. The molecule has 0 bridgehead atoms. The lowest BCUT2D eigenvalue weighted by Crippen LogP contribution is -2.32. The first kappa shape index (κ1) is 14.1. The maximum atomic E-state index is 8.84.